The van der Waals surface area contributed by atoms with E-state index in [1.54, 1.807) is 0 Å². The van der Waals surface area contributed by atoms with Crippen LogP contribution in [0.15, 0.2) is 121 Å². The summed E-state index contributed by atoms with van der Waals surface area (Å²) in [7, 11) is 0. The average Bonchev–Trinajstić information content (AvgIpc) is 3.86. The maximum Gasteiger partial charge on any atom is 0.0720 e. The Balaban J connectivity index is 1.13. The van der Waals surface area contributed by atoms with Crippen molar-refractivity contribution < 1.29 is 0 Å². The predicted octanol–water partition coefficient (Wildman–Crippen LogP) is 8.26. The van der Waals surface area contributed by atoms with E-state index in [1.165, 1.54) is 44.5 Å². The van der Waals surface area contributed by atoms with E-state index in [9.17, 15) is 0 Å². The van der Waals surface area contributed by atoms with Gasteiger partial charge in [0.25, 0.3) is 0 Å². The first-order chi connectivity index (χ1) is 17.9. The van der Waals surface area contributed by atoms with E-state index in [0.717, 1.165) is 12.8 Å². The highest BCUT2D eigenvalue weighted by molar-refractivity contribution is 6.13. The smallest absolute Gasteiger partial charge is 0.0720 e. The van der Waals surface area contributed by atoms with Crippen molar-refractivity contribution in [3.8, 4) is 23.7 Å². The fourth-order valence-corrected chi connectivity index (χ4v) is 4.97. The molecule has 0 unspecified atom stereocenters. The van der Waals surface area contributed by atoms with Crippen LogP contribution in [0.2, 0.25) is 0 Å². The third-order valence-electron chi connectivity index (χ3n) is 6.78. The van der Waals surface area contributed by atoms with Gasteiger partial charge >= 0.3 is 0 Å². The van der Waals surface area contributed by atoms with Crippen LogP contribution < -0.4 is 0 Å². The van der Waals surface area contributed by atoms with Crippen molar-refractivity contribution in [3.63, 3.8) is 0 Å². The first kappa shape index (κ1) is 22.0. The topological polar surface area (TPSA) is 0 Å². The fraction of sp³-hybridized carbons (Fsp3) is 0.111. The largest absolute Gasteiger partial charge is 0.101 e. The summed E-state index contributed by atoms with van der Waals surface area (Å²) in [6.07, 6.45) is 1.59. The van der Waals surface area contributed by atoms with Crippen molar-refractivity contribution >= 4 is 22.3 Å². The van der Waals surface area contributed by atoms with Crippen molar-refractivity contribution in [2.75, 3.05) is 0 Å². The van der Waals surface area contributed by atoms with Gasteiger partial charge in [-0.25, -0.2) is 0 Å². The van der Waals surface area contributed by atoms with Crippen LogP contribution in [-0.2, 0) is 0 Å². The number of rotatable bonds is 5. The van der Waals surface area contributed by atoms with Gasteiger partial charge in [0, 0.05) is 12.8 Å². The molecule has 0 fully saturated rings. The molecule has 0 aromatic heterocycles. The number of benzene rings is 4. The summed E-state index contributed by atoms with van der Waals surface area (Å²) in [4.78, 5) is 0. The van der Waals surface area contributed by atoms with Crippen LogP contribution in [0.5, 0.6) is 0 Å². The van der Waals surface area contributed by atoms with Gasteiger partial charge in [0.2, 0.25) is 0 Å². The Morgan fingerprint density at radius 1 is 0.361 bits per heavy atom. The molecular weight excluding hydrogens is 432 g/mol. The molecule has 6 rings (SSSR count). The van der Waals surface area contributed by atoms with Crippen LogP contribution in [0.25, 0.3) is 22.3 Å². The molecule has 0 heteroatoms. The van der Waals surface area contributed by atoms with Crippen LogP contribution in [0.3, 0.4) is 0 Å². The van der Waals surface area contributed by atoms with Crippen molar-refractivity contribution in [2.45, 2.75) is 12.8 Å². The minimum Gasteiger partial charge on any atom is -0.101 e. The number of hydrogen-bond acceptors (Lipinski definition) is 0. The molecule has 0 amide bonds. The van der Waals surface area contributed by atoms with Crippen LogP contribution in [0.1, 0.15) is 35.1 Å². The van der Waals surface area contributed by atoms with Crippen LogP contribution in [-0.4, -0.2) is 0 Å². The van der Waals surface area contributed by atoms with Gasteiger partial charge in [0.1, 0.15) is 0 Å². The maximum absolute atomic E-state index is 3.52. The highest BCUT2D eigenvalue weighted by atomic mass is 14.4. The lowest BCUT2D eigenvalue weighted by atomic mass is 10.1. The summed E-state index contributed by atoms with van der Waals surface area (Å²) in [5, 5.41) is 0. The number of unbranched alkanes of at least 4 members (excludes halogenated alkanes) is 1. The van der Waals surface area contributed by atoms with E-state index < -0.39 is 0 Å². The molecule has 0 radical (unpaired) electrons. The van der Waals surface area contributed by atoms with E-state index in [0.29, 0.717) is 0 Å². The zero-order chi connectivity index (χ0) is 24.2. The molecule has 36 heavy (non-hydrogen) atoms. The van der Waals surface area contributed by atoms with Gasteiger partial charge in [-0.15, -0.1) is 11.8 Å². The summed E-state index contributed by atoms with van der Waals surface area (Å²) in [5.74, 6) is 14.3. The van der Waals surface area contributed by atoms with E-state index in [-0.39, 0.29) is 11.8 Å². The first-order valence-electron chi connectivity index (χ1n) is 12.6. The molecule has 170 valence electrons. The summed E-state index contributed by atoms with van der Waals surface area (Å²) < 4.78 is 0. The second-order valence-corrected chi connectivity index (χ2v) is 9.13. The van der Waals surface area contributed by atoms with Crippen molar-refractivity contribution in [3.05, 3.63) is 144 Å². The molecule has 4 aromatic rings. The molecule has 2 aliphatic carbocycles. The normalized spacial score (nSPS) is 14.6. The third-order valence-corrected chi connectivity index (χ3v) is 6.78. The molecule has 0 heterocycles. The monoisotopic (exact) mass is 458 g/mol. The molecule has 0 nitrogen and oxygen atoms in total. The van der Waals surface area contributed by atoms with E-state index in [2.05, 4.69) is 145 Å². The van der Waals surface area contributed by atoms with Crippen molar-refractivity contribution in [2.24, 2.45) is 11.8 Å². The van der Waals surface area contributed by atoms with E-state index >= 15 is 0 Å². The quantitative estimate of drug-likeness (QED) is 0.209. The maximum atomic E-state index is 3.52. The fourth-order valence-electron chi connectivity index (χ4n) is 4.97. The average molecular weight is 459 g/mol. The summed E-state index contributed by atoms with van der Waals surface area (Å²) in [5.41, 5.74) is 10.6. The lowest BCUT2D eigenvalue weighted by Crippen LogP contribution is -1.82. The Kier molecular flexibility index (Phi) is 6.10. The molecule has 0 bridgehead atoms. The minimum absolute atomic E-state index is 0.224. The van der Waals surface area contributed by atoms with Gasteiger partial charge in [-0.2, -0.15) is 0 Å². The summed E-state index contributed by atoms with van der Waals surface area (Å²) in [6, 6.07) is 42.5. The zero-order valence-electron chi connectivity index (χ0n) is 20.1. The van der Waals surface area contributed by atoms with Crippen LogP contribution in [0.4, 0.5) is 0 Å². The van der Waals surface area contributed by atoms with E-state index in [1.807, 2.05) is 0 Å². The van der Waals surface area contributed by atoms with Gasteiger partial charge in [-0.05, 0) is 44.5 Å². The van der Waals surface area contributed by atoms with Crippen LogP contribution in [0, 0.1) is 35.5 Å². The SMILES string of the molecule is C(#CC1C(c2ccccc2)=C1c1ccccc1)CCC#CC1C(c2ccccc2)=C1c1ccccc1. The molecule has 0 spiro atoms. The Morgan fingerprint density at radius 2 is 0.611 bits per heavy atom. The molecule has 0 atom stereocenters. The molecule has 0 N–H and O–H groups in total. The number of hydrogen-bond donors (Lipinski definition) is 0. The van der Waals surface area contributed by atoms with Gasteiger partial charge < -0.3 is 0 Å². The lowest BCUT2D eigenvalue weighted by molar-refractivity contribution is 1.11. The molecule has 0 aliphatic heterocycles. The molecular formula is C36H26. The van der Waals surface area contributed by atoms with Gasteiger partial charge in [-0.3, -0.25) is 0 Å². The first-order valence-corrected chi connectivity index (χ1v) is 12.6. The van der Waals surface area contributed by atoms with Crippen molar-refractivity contribution in [1.29, 1.82) is 0 Å². The third kappa shape index (κ3) is 4.55. The summed E-state index contributed by atoms with van der Waals surface area (Å²) >= 11 is 0. The second kappa shape index (κ2) is 10.00. The number of allylic oxidation sites excluding steroid dienone is 4. The highest BCUT2D eigenvalue weighted by Crippen LogP contribution is 2.53. The van der Waals surface area contributed by atoms with Crippen molar-refractivity contribution in [1.82, 2.24) is 0 Å². The summed E-state index contributed by atoms with van der Waals surface area (Å²) in [6.45, 7) is 0. The zero-order valence-corrected chi connectivity index (χ0v) is 20.1. The lowest BCUT2D eigenvalue weighted by Gasteiger charge is -1.94. The minimum atomic E-state index is 0.224. The predicted molar refractivity (Wildman–Crippen MR) is 151 cm³/mol. The van der Waals surface area contributed by atoms with Crippen LogP contribution >= 0.6 is 0 Å². The standard InChI is InChI=1S/C36H26/c1(15-25-31-33(27-17-7-3-8-18-27)34(31)28-19-9-4-10-20-28)2-16-26-32-35(29-21-11-5-12-22-29)36(32)30-23-13-6-14-24-30/h3-14,17-24,31-32H,1-2H2. The second-order valence-electron chi connectivity index (χ2n) is 9.13. The Bertz CT molecular complexity index is 1330. The van der Waals surface area contributed by atoms with Gasteiger partial charge in [0.15, 0.2) is 0 Å². The molecule has 0 saturated heterocycles. The molecule has 2 aliphatic rings. The molecule has 0 saturated carbocycles. The Labute approximate surface area is 214 Å². The van der Waals surface area contributed by atoms with E-state index in [4.69, 9.17) is 0 Å². The van der Waals surface area contributed by atoms with Gasteiger partial charge in [0.05, 0.1) is 11.8 Å². The Morgan fingerprint density at radius 3 is 0.861 bits per heavy atom. The van der Waals surface area contributed by atoms with Gasteiger partial charge in [-0.1, -0.05) is 133 Å². The highest BCUT2D eigenvalue weighted by Gasteiger charge is 2.37. The molecule has 4 aromatic carbocycles. The Hall–Kier alpha value is -4.52.